The Morgan fingerprint density at radius 1 is 1.38 bits per heavy atom. The first-order valence-electron chi connectivity index (χ1n) is 7.65. The number of benzene rings is 1. The number of aliphatic hydroxyl groups excluding tert-OH is 1. The number of furan rings is 1. The first-order chi connectivity index (χ1) is 10.2. The number of hydrogen-bond acceptors (Lipinski definition) is 4. The summed E-state index contributed by atoms with van der Waals surface area (Å²) < 4.78 is 11.6. The number of methoxy groups -OCH3 is 1. The van der Waals surface area contributed by atoms with Crippen molar-refractivity contribution in [2.24, 2.45) is 0 Å². The molecule has 2 heterocycles. The minimum atomic E-state index is -0.301. The zero-order chi connectivity index (χ0) is 14.6. The highest BCUT2D eigenvalue weighted by atomic mass is 16.5. The summed E-state index contributed by atoms with van der Waals surface area (Å²) in [5.74, 6) is 2.10. The van der Waals surface area contributed by atoms with Gasteiger partial charge in [-0.3, -0.25) is 0 Å². The lowest BCUT2D eigenvalue weighted by Gasteiger charge is -2.31. The van der Waals surface area contributed by atoms with Gasteiger partial charge in [-0.25, -0.2) is 0 Å². The average Bonchev–Trinajstić information content (AvgIpc) is 2.82. The molecule has 21 heavy (non-hydrogen) atoms. The molecule has 1 N–H and O–H groups in total. The molecule has 1 aromatic heterocycles. The van der Waals surface area contributed by atoms with E-state index in [1.807, 2.05) is 6.07 Å². The van der Waals surface area contributed by atoms with Crippen LogP contribution in [0.1, 0.15) is 29.2 Å². The second-order valence-corrected chi connectivity index (χ2v) is 6.37. The van der Waals surface area contributed by atoms with Crippen LogP contribution in [0.2, 0.25) is 0 Å². The summed E-state index contributed by atoms with van der Waals surface area (Å²) in [5, 5.41) is 11.4. The van der Waals surface area contributed by atoms with Gasteiger partial charge in [0.05, 0.1) is 13.2 Å². The van der Waals surface area contributed by atoms with Crippen LogP contribution in [0.5, 0.6) is 5.75 Å². The fourth-order valence-corrected chi connectivity index (χ4v) is 3.96. The lowest BCUT2D eigenvalue weighted by molar-refractivity contribution is 0.129. The third kappa shape index (κ3) is 1.97. The lowest BCUT2D eigenvalue weighted by atomic mass is 9.81. The SMILES string of the molecule is COc1ccc2c3c4c(oc13)CC(O)CC4CN(C)CC2. The van der Waals surface area contributed by atoms with Gasteiger partial charge in [-0.05, 0) is 31.5 Å². The molecule has 2 aliphatic rings. The van der Waals surface area contributed by atoms with Gasteiger partial charge in [0.15, 0.2) is 11.3 Å². The highest BCUT2D eigenvalue weighted by Gasteiger charge is 2.34. The van der Waals surface area contributed by atoms with Gasteiger partial charge in [-0.1, -0.05) is 6.07 Å². The topological polar surface area (TPSA) is 45.8 Å². The van der Waals surface area contributed by atoms with E-state index < -0.39 is 0 Å². The Hall–Kier alpha value is -1.52. The minimum Gasteiger partial charge on any atom is -0.493 e. The lowest BCUT2D eigenvalue weighted by Crippen LogP contribution is -2.33. The molecule has 0 fully saturated rings. The van der Waals surface area contributed by atoms with Gasteiger partial charge in [-0.2, -0.15) is 0 Å². The van der Waals surface area contributed by atoms with Gasteiger partial charge in [0, 0.05) is 36.4 Å². The standard InChI is InChI=1S/C17H21NO3/c1-18-6-5-10-3-4-13(20-2)17-16(10)15-11(9-18)7-12(19)8-14(15)21-17/h3-4,11-12,19H,5-9H2,1-2H3. The Bertz CT molecular complexity index is 691. The highest BCUT2D eigenvalue weighted by Crippen LogP contribution is 2.44. The molecule has 2 aromatic rings. The van der Waals surface area contributed by atoms with Crippen LogP contribution in [0.4, 0.5) is 0 Å². The Balaban J connectivity index is 2.02. The van der Waals surface area contributed by atoms with Crippen LogP contribution in [0, 0.1) is 0 Å². The van der Waals surface area contributed by atoms with E-state index in [1.54, 1.807) is 7.11 Å². The number of rotatable bonds is 1. The second kappa shape index (κ2) is 4.75. The van der Waals surface area contributed by atoms with Crippen molar-refractivity contribution in [3.63, 3.8) is 0 Å². The molecular weight excluding hydrogens is 266 g/mol. The van der Waals surface area contributed by atoms with Crippen LogP contribution < -0.4 is 4.74 Å². The van der Waals surface area contributed by atoms with Gasteiger partial charge in [0.2, 0.25) is 0 Å². The van der Waals surface area contributed by atoms with Crippen molar-refractivity contribution in [3.8, 4) is 5.75 Å². The van der Waals surface area contributed by atoms with Crippen molar-refractivity contribution < 1.29 is 14.3 Å². The number of hydrogen-bond donors (Lipinski definition) is 1. The van der Waals surface area contributed by atoms with Gasteiger partial charge in [0.1, 0.15) is 5.76 Å². The highest BCUT2D eigenvalue weighted by molar-refractivity contribution is 5.91. The summed E-state index contributed by atoms with van der Waals surface area (Å²) in [6.45, 7) is 2.02. The monoisotopic (exact) mass is 287 g/mol. The normalized spacial score (nSPS) is 25.7. The smallest absolute Gasteiger partial charge is 0.176 e. The van der Waals surface area contributed by atoms with E-state index in [0.29, 0.717) is 12.3 Å². The quantitative estimate of drug-likeness (QED) is 0.874. The third-order valence-electron chi connectivity index (χ3n) is 4.90. The van der Waals surface area contributed by atoms with Crippen LogP contribution in [0.3, 0.4) is 0 Å². The van der Waals surface area contributed by atoms with E-state index in [1.165, 1.54) is 16.5 Å². The molecule has 4 rings (SSSR count). The molecule has 0 saturated carbocycles. The fourth-order valence-electron chi connectivity index (χ4n) is 3.96. The minimum absolute atomic E-state index is 0.301. The molecule has 1 aliphatic heterocycles. The van der Waals surface area contributed by atoms with Crippen LogP contribution >= 0.6 is 0 Å². The molecule has 0 bridgehead atoms. The van der Waals surface area contributed by atoms with Gasteiger partial charge >= 0.3 is 0 Å². The maximum atomic E-state index is 10.2. The number of likely N-dealkylation sites (N-methyl/N-ethyl adjacent to an activating group) is 1. The summed E-state index contributed by atoms with van der Waals surface area (Å²) in [6, 6.07) is 4.16. The van der Waals surface area contributed by atoms with Crippen molar-refractivity contribution in [1.82, 2.24) is 4.90 Å². The number of nitrogens with zero attached hydrogens (tertiary/aromatic N) is 1. The largest absolute Gasteiger partial charge is 0.493 e. The predicted octanol–water partition coefficient (Wildman–Crippen LogP) is 2.32. The molecule has 1 aliphatic carbocycles. The fraction of sp³-hybridized carbons (Fsp3) is 0.529. The van der Waals surface area contributed by atoms with Gasteiger partial charge < -0.3 is 19.2 Å². The Kier molecular flexibility index (Phi) is 2.98. The van der Waals surface area contributed by atoms with Crippen molar-refractivity contribution in [3.05, 3.63) is 29.0 Å². The third-order valence-corrected chi connectivity index (χ3v) is 4.90. The number of ether oxygens (including phenoxy) is 1. The molecule has 4 nitrogen and oxygen atoms in total. The molecule has 0 amide bonds. The Labute approximate surface area is 124 Å². The van der Waals surface area contributed by atoms with E-state index >= 15 is 0 Å². The van der Waals surface area contributed by atoms with Gasteiger partial charge in [-0.15, -0.1) is 0 Å². The average molecular weight is 287 g/mol. The molecule has 0 saturated heterocycles. The van der Waals surface area contributed by atoms with E-state index in [9.17, 15) is 5.11 Å². The molecule has 2 unspecified atom stereocenters. The van der Waals surface area contributed by atoms with E-state index in [4.69, 9.17) is 9.15 Å². The molecule has 112 valence electrons. The van der Waals surface area contributed by atoms with Crippen molar-refractivity contribution >= 4 is 11.0 Å². The van der Waals surface area contributed by atoms with E-state index in [0.717, 1.165) is 43.0 Å². The molecule has 0 radical (unpaired) electrons. The molecular formula is C17H21NO3. The van der Waals surface area contributed by atoms with E-state index in [-0.39, 0.29) is 6.10 Å². The van der Waals surface area contributed by atoms with Crippen molar-refractivity contribution in [2.45, 2.75) is 31.3 Å². The van der Waals surface area contributed by atoms with Crippen LogP contribution in [-0.2, 0) is 12.8 Å². The maximum Gasteiger partial charge on any atom is 0.176 e. The van der Waals surface area contributed by atoms with Crippen LogP contribution in [-0.4, -0.2) is 43.4 Å². The zero-order valence-corrected chi connectivity index (χ0v) is 12.6. The summed E-state index contributed by atoms with van der Waals surface area (Å²) in [6.07, 6.45) is 2.17. The number of aliphatic hydroxyl groups is 1. The van der Waals surface area contributed by atoms with Crippen LogP contribution in [0.25, 0.3) is 11.0 Å². The van der Waals surface area contributed by atoms with Crippen molar-refractivity contribution in [2.75, 3.05) is 27.2 Å². The summed E-state index contributed by atoms with van der Waals surface area (Å²) in [5.41, 5.74) is 3.52. The maximum absolute atomic E-state index is 10.2. The first-order valence-corrected chi connectivity index (χ1v) is 7.65. The predicted molar refractivity (Wildman–Crippen MR) is 81.0 cm³/mol. The van der Waals surface area contributed by atoms with Crippen molar-refractivity contribution in [1.29, 1.82) is 0 Å². The summed E-state index contributed by atoms with van der Waals surface area (Å²) in [4.78, 5) is 2.36. The zero-order valence-electron chi connectivity index (χ0n) is 12.6. The first kappa shape index (κ1) is 13.2. The molecule has 0 spiro atoms. The Morgan fingerprint density at radius 3 is 3.05 bits per heavy atom. The Morgan fingerprint density at radius 2 is 2.24 bits per heavy atom. The summed E-state index contributed by atoms with van der Waals surface area (Å²) >= 11 is 0. The van der Waals surface area contributed by atoms with E-state index in [2.05, 4.69) is 18.0 Å². The molecule has 4 heteroatoms. The molecule has 2 atom stereocenters. The second-order valence-electron chi connectivity index (χ2n) is 6.37. The van der Waals surface area contributed by atoms with Gasteiger partial charge in [0.25, 0.3) is 0 Å². The van der Waals surface area contributed by atoms with Crippen LogP contribution in [0.15, 0.2) is 16.5 Å². The summed E-state index contributed by atoms with van der Waals surface area (Å²) in [7, 11) is 3.84. The molecule has 1 aromatic carbocycles.